The van der Waals surface area contributed by atoms with Gasteiger partial charge in [0.15, 0.2) is 11.3 Å². The van der Waals surface area contributed by atoms with Crippen molar-refractivity contribution >= 4 is 22.6 Å². The number of hydrogen-bond acceptors (Lipinski definition) is 5. The SMILES string of the molecule is O=C(NC1CC2CC1CN2)c1nccc2c(N3CCCC3)coc12. The van der Waals surface area contributed by atoms with Crippen LogP contribution >= 0.6 is 0 Å². The van der Waals surface area contributed by atoms with Crippen LogP contribution in [0.3, 0.4) is 0 Å². The molecule has 0 radical (unpaired) electrons. The first-order chi connectivity index (χ1) is 11.8. The van der Waals surface area contributed by atoms with Crippen molar-refractivity contribution in [3.05, 3.63) is 24.2 Å². The fraction of sp³-hybridized carbons (Fsp3) is 0.556. The lowest BCUT2D eigenvalue weighted by Crippen LogP contribution is -2.44. The first kappa shape index (κ1) is 14.3. The van der Waals surface area contributed by atoms with Gasteiger partial charge in [0.1, 0.15) is 6.26 Å². The summed E-state index contributed by atoms with van der Waals surface area (Å²) in [5.41, 5.74) is 2.11. The number of piperidine rings is 1. The Morgan fingerprint density at radius 3 is 2.96 bits per heavy atom. The fourth-order valence-electron chi connectivity index (χ4n) is 4.56. The van der Waals surface area contributed by atoms with Gasteiger partial charge in [-0.3, -0.25) is 4.79 Å². The molecule has 126 valence electrons. The number of amides is 1. The number of pyridine rings is 1. The van der Waals surface area contributed by atoms with E-state index in [4.69, 9.17) is 4.42 Å². The molecule has 24 heavy (non-hydrogen) atoms. The molecule has 2 aliphatic heterocycles. The number of anilines is 1. The third-order valence-corrected chi connectivity index (χ3v) is 5.81. The third-order valence-electron chi connectivity index (χ3n) is 5.81. The molecule has 2 N–H and O–H groups in total. The van der Waals surface area contributed by atoms with Gasteiger partial charge in [-0.1, -0.05) is 0 Å². The minimum absolute atomic E-state index is 0.111. The molecule has 3 unspecified atom stereocenters. The Bertz CT molecular complexity index is 780. The van der Waals surface area contributed by atoms with Crippen LogP contribution in [-0.4, -0.2) is 42.6 Å². The number of hydrogen-bond donors (Lipinski definition) is 2. The normalized spacial score (nSPS) is 28.8. The summed E-state index contributed by atoms with van der Waals surface area (Å²) >= 11 is 0. The molecule has 2 aromatic rings. The maximum Gasteiger partial charge on any atom is 0.274 e. The number of carbonyl (C=O) groups excluding carboxylic acids is 1. The van der Waals surface area contributed by atoms with Crippen LogP contribution < -0.4 is 15.5 Å². The molecule has 1 amide bonds. The van der Waals surface area contributed by atoms with Crippen LogP contribution in [0.25, 0.3) is 11.0 Å². The van der Waals surface area contributed by atoms with Crippen LogP contribution in [0, 0.1) is 5.92 Å². The summed E-state index contributed by atoms with van der Waals surface area (Å²) in [7, 11) is 0. The zero-order valence-corrected chi connectivity index (χ0v) is 13.6. The van der Waals surface area contributed by atoms with E-state index in [1.54, 1.807) is 12.5 Å². The average Bonchev–Trinajstić information content (AvgIpc) is 3.36. The highest BCUT2D eigenvalue weighted by Crippen LogP contribution is 2.34. The van der Waals surface area contributed by atoms with Gasteiger partial charge >= 0.3 is 0 Å². The first-order valence-corrected chi connectivity index (χ1v) is 8.95. The molecular weight excluding hydrogens is 304 g/mol. The van der Waals surface area contributed by atoms with Crippen molar-refractivity contribution in [1.29, 1.82) is 0 Å². The Balaban J connectivity index is 1.43. The summed E-state index contributed by atoms with van der Waals surface area (Å²) < 4.78 is 5.76. The number of furan rings is 1. The summed E-state index contributed by atoms with van der Waals surface area (Å²) in [6.45, 7) is 3.11. The second-order valence-corrected chi connectivity index (χ2v) is 7.27. The lowest BCUT2D eigenvalue weighted by atomic mass is 10.0. The van der Waals surface area contributed by atoms with Gasteiger partial charge in [0.25, 0.3) is 5.91 Å². The highest BCUT2D eigenvalue weighted by molar-refractivity contribution is 6.06. The molecule has 0 spiro atoms. The van der Waals surface area contributed by atoms with E-state index in [2.05, 4.69) is 20.5 Å². The lowest BCUT2D eigenvalue weighted by Gasteiger charge is -2.23. The molecular formula is C18H22N4O2. The van der Waals surface area contributed by atoms with E-state index in [-0.39, 0.29) is 11.9 Å². The standard InChI is InChI=1S/C18H22N4O2/c23-18(21-14-8-12-7-11(14)9-20-12)16-17-13(3-4-19-16)15(10-24-17)22-5-1-2-6-22/h3-4,10-12,14,20H,1-2,5-9H2,(H,21,23). The molecule has 6 nitrogen and oxygen atoms in total. The maximum atomic E-state index is 12.8. The van der Waals surface area contributed by atoms with Crippen molar-refractivity contribution in [2.24, 2.45) is 5.92 Å². The van der Waals surface area contributed by atoms with Crippen LogP contribution in [0.2, 0.25) is 0 Å². The van der Waals surface area contributed by atoms with Crippen molar-refractivity contribution in [1.82, 2.24) is 15.6 Å². The zero-order chi connectivity index (χ0) is 16.1. The van der Waals surface area contributed by atoms with Crippen molar-refractivity contribution in [2.75, 3.05) is 24.5 Å². The van der Waals surface area contributed by atoms with E-state index in [1.165, 1.54) is 19.3 Å². The number of fused-ring (bicyclic) bond motifs is 3. The number of carbonyl (C=O) groups is 1. The molecule has 0 aromatic carbocycles. The van der Waals surface area contributed by atoms with Crippen molar-refractivity contribution < 1.29 is 9.21 Å². The highest BCUT2D eigenvalue weighted by Gasteiger charge is 2.40. The second-order valence-electron chi connectivity index (χ2n) is 7.27. The Kier molecular flexibility index (Phi) is 3.26. The fourth-order valence-corrected chi connectivity index (χ4v) is 4.56. The van der Waals surface area contributed by atoms with Gasteiger partial charge in [0.05, 0.1) is 5.69 Å². The molecule has 2 aromatic heterocycles. The minimum atomic E-state index is -0.111. The van der Waals surface area contributed by atoms with E-state index in [9.17, 15) is 4.79 Å². The van der Waals surface area contributed by atoms with E-state index in [0.29, 0.717) is 23.2 Å². The smallest absolute Gasteiger partial charge is 0.274 e. The van der Waals surface area contributed by atoms with Crippen LogP contribution in [0.4, 0.5) is 5.69 Å². The maximum absolute atomic E-state index is 12.8. The van der Waals surface area contributed by atoms with E-state index < -0.39 is 0 Å². The summed E-state index contributed by atoms with van der Waals surface area (Å²) in [4.78, 5) is 19.4. The molecule has 4 heterocycles. The molecule has 2 bridgehead atoms. The lowest BCUT2D eigenvalue weighted by molar-refractivity contribution is 0.0921. The Hall–Kier alpha value is -2.08. The number of aromatic nitrogens is 1. The zero-order valence-electron chi connectivity index (χ0n) is 13.6. The molecule has 5 rings (SSSR count). The molecule has 3 aliphatic rings. The van der Waals surface area contributed by atoms with Crippen LogP contribution in [0.1, 0.15) is 36.2 Å². The van der Waals surface area contributed by atoms with Crippen LogP contribution in [0.5, 0.6) is 0 Å². The van der Waals surface area contributed by atoms with Gasteiger partial charge in [-0.05, 0) is 37.7 Å². The van der Waals surface area contributed by atoms with E-state index in [1.807, 2.05) is 6.07 Å². The molecule has 3 atom stereocenters. The third kappa shape index (κ3) is 2.20. The predicted molar refractivity (Wildman–Crippen MR) is 91.2 cm³/mol. The summed E-state index contributed by atoms with van der Waals surface area (Å²) in [5, 5.41) is 7.65. The van der Waals surface area contributed by atoms with Gasteiger partial charge < -0.3 is 20.0 Å². The molecule has 2 saturated heterocycles. The summed E-state index contributed by atoms with van der Waals surface area (Å²) in [6.07, 6.45) is 8.10. The molecule has 1 aliphatic carbocycles. The summed E-state index contributed by atoms with van der Waals surface area (Å²) in [6, 6.07) is 2.77. The van der Waals surface area contributed by atoms with Crippen molar-refractivity contribution in [2.45, 2.75) is 37.8 Å². The highest BCUT2D eigenvalue weighted by atomic mass is 16.3. The quantitative estimate of drug-likeness (QED) is 0.902. The number of rotatable bonds is 3. The van der Waals surface area contributed by atoms with Crippen LogP contribution in [-0.2, 0) is 0 Å². The molecule has 6 heteroatoms. The number of nitrogens with one attached hydrogen (secondary N) is 2. The Labute approximate surface area is 140 Å². The van der Waals surface area contributed by atoms with Gasteiger partial charge in [0.2, 0.25) is 0 Å². The Morgan fingerprint density at radius 2 is 2.21 bits per heavy atom. The topological polar surface area (TPSA) is 70.4 Å². The minimum Gasteiger partial charge on any atom is -0.460 e. The number of nitrogens with zero attached hydrogens (tertiary/aromatic N) is 2. The largest absolute Gasteiger partial charge is 0.460 e. The monoisotopic (exact) mass is 326 g/mol. The average molecular weight is 326 g/mol. The first-order valence-electron chi connectivity index (χ1n) is 8.95. The van der Waals surface area contributed by atoms with E-state index in [0.717, 1.165) is 37.1 Å². The van der Waals surface area contributed by atoms with Gasteiger partial charge in [-0.2, -0.15) is 0 Å². The van der Waals surface area contributed by atoms with Gasteiger partial charge in [-0.25, -0.2) is 4.98 Å². The van der Waals surface area contributed by atoms with Gasteiger partial charge in [0, 0.05) is 43.3 Å². The van der Waals surface area contributed by atoms with Crippen molar-refractivity contribution in [3.8, 4) is 0 Å². The molecule has 1 saturated carbocycles. The summed E-state index contributed by atoms with van der Waals surface area (Å²) in [5.74, 6) is 0.440. The second kappa shape index (κ2) is 5.48. The predicted octanol–water partition coefficient (Wildman–Crippen LogP) is 1.91. The van der Waals surface area contributed by atoms with Crippen molar-refractivity contribution in [3.63, 3.8) is 0 Å². The van der Waals surface area contributed by atoms with Crippen LogP contribution in [0.15, 0.2) is 22.9 Å². The van der Waals surface area contributed by atoms with Gasteiger partial charge in [-0.15, -0.1) is 0 Å². The Morgan fingerprint density at radius 1 is 1.33 bits per heavy atom. The molecule has 3 fully saturated rings. The van der Waals surface area contributed by atoms with E-state index >= 15 is 0 Å².